The van der Waals surface area contributed by atoms with Gasteiger partial charge in [0.15, 0.2) is 0 Å². The second-order valence-electron chi connectivity index (χ2n) is 2.57. The molecule has 0 aliphatic rings. The number of hydrogen-bond acceptors (Lipinski definition) is 2. The number of anilines is 1. The normalized spacial score (nSPS) is 9.92. The zero-order valence-electron chi connectivity index (χ0n) is 7.23. The molecule has 0 aliphatic heterocycles. The highest BCUT2D eigenvalue weighted by Crippen LogP contribution is 2.28. The van der Waals surface area contributed by atoms with Gasteiger partial charge in [-0.15, -0.1) is 0 Å². The molecule has 3 heteroatoms. The number of nitrogen functional groups attached to an aromatic ring is 1. The van der Waals surface area contributed by atoms with Gasteiger partial charge in [0.25, 0.3) is 0 Å². The van der Waals surface area contributed by atoms with Crippen molar-refractivity contribution in [1.29, 1.82) is 0 Å². The van der Waals surface area contributed by atoms with Crippen LogP contribution in [0.1, 0.15) is 12.5 Å². The standard InChI is InChI=1S/C9H12ClNO/c1-3-12-9-5-7(10)8(11)4-6(9)2/h4-5H,3,11H2,1-2H3. The first kappa shape index (κ1) is 9.20. The van der Waals surface area contributed by atoms with E-state index >= 15 is 0 Å². The van der Waals surface area contributed by atoms with Crippen molar-refractivity contribution in [3.63, 3.8) is 0 Å². The second kappa shape index (κ2) is 3.68. The topological polar surface area (TPSA) is 35.2 Å². The SMILES string of the molecule is CCOc1cc(Cl)c(N)cc1C. The van der Waals surface area contributed by atoms with E-state index in [1.165, 1.54) is 0 Å². The molecule has 0 atom stereocenters. The van der Waals surface area contributed by atoms with Gasteiger partial charge >= 0.3 is 0 Å². The lowest BCUT2D eigenvalue weighted by Crippen LogP contribution is -1.95. The second-order valence-corrected chi connectivity index (χ2v) is 2.98. The Kier molecular flexibility index (Phi) is 2.82. The van der Waals surface area contributed by atoms with Crippen molar-refractivity contribution >= 4 is 17.3 Å². The molecule has 66 valence electrons. The molecule has 0 amide bonds. The Morgan fingerprint density at radius 1 is 1.50 bits per heavy atom. The monoisotopic (exact) mass is 185 g/mol. The summed E-state index contributed by atoms with van der Waals surface area (Å²) in [5, 5.41) is 0.545. The third-order valence-electron chi connectivity index (χ3n) is 1.59. The third-order valence-corrected chi connectivity index (χ3v) is 1.92. The Labute approximate surface area is 77.3 Å². The fourth-order valence-corrected chi connectivity index (χ4v) is 1.15. The molecule has 0 heterocycles. The molecule has 0 saturated carbocycles. The van der Waals surface area contributed by atoms with E-state index in [1.54, 1.807) is 6.07 Å². The molecule has 1 rings (SSSR count). The molecule has 0 spiro atoms. The summed E-state index contributed by atoms with van der Waals surface area (Å²) in [6.45, 7) is 4.52. The summed E-state index contributed by atoms with van der Waals surface area (Å²) in [6.07, 6.45) is 0. The molecular weight excluding hydrogens is 174 g/mol. The highest BCUT2D eigenvalue weighted by molar-refractivity contribution is 6.33. The summed E-state index contributed by atoms with van der Waals surface area (Å²) in [5.74, 6) is 0.803. The van der Waals surface area contributed by atoms with Crippen LogP contribution >= 0.6 is 11.6 Å². The first-order valence-electron chi connectivity index (χ1n) is 3.83. The van der Waals surface area contributed by atoms with E-state index in [-0.39, 0.29) is 0 Å². The Morgan fingerprint density at radius 3 is 2.75 bits per heavy atom. The lowest BCUT2D eigenvalue weighted by atomic mass is 10.2. The van der Waals surface area contributed by atoms with Gasteiger partial charge < -0.3 is 10.5 Å². The Balaban J connectivity index is 3.05. The molecular formula is C9H12ClNO. The van der Waals surface area contributed by atoms with Gasteiger partial charge in [0, 0.05) is 6.07 Å². The van der Waals surface area contributed by atoms with Gasteiger partial charge in [0.05, 0.1) is 17.3 Å². The lowest BCUT2D eigenvalue weighted by molar-refractivity contribution is 0.338. The molecule has 12 heavy (non-hydrogen) atoms. The van der Waals surface area contributed by atoms with Crippen molar-refractivity contribution in [2.24, 2.45) is 0 Å². The summed E-state index contributed by atoms with van der Waals surface area (Å²) in [4.78, 5) is 0. The molecule has 2 nitrogen and oxygen atoms in total. The van der Waals surface area contributed by atoms with Gasteiger partial charge in [-0.3, -0.25) is 0 Å². The van der Waals surface area contributed by atoms with E-state index in [4.69, 9.17) is 22.1 Å². The van der Waals surface area contributed by atoms with Gasteiger partial charge in [-0.2, -0.15) is 0 Å². The molecule has 0 aromatic heterocycles. The molecule has 1 aromatic rings. The maximum absolute atomic E-state index is 5.82. The quantitative estimate of drug-likeness (QED) is 0.719. The number of rotatable bonds is 2. The fourth-order valence-electron chi connectivity index (χ4n) is 0.997. The summed E-state index contributed by atoms with van der Waals surface area (Å²) < 4.78 is 5.33. The third kappa shape index (κ3) is 1.83. The van der Waals surface area contributed by atoms with Crippen LogP contribution in [0.3, 0.4) is 0 Å². The minimum absolute atomic E-state index is 0.545. The highest BCUT2D eigenvalue weighted by atomic mass is 35.5. The van der Waals surface area contributed by atoms with Crippen LogP contribution in [0.2, 0.25) is 5.02 Å². The Bertz CT molecular complexity index is 286. The lowest BCUT2D eigenvalue weighted by Gasteiger charge is -2.08. The number of benzene rings is 1. The van der Waals surface area contributed by atoms with Crippen LogP contribution in [0, 0.1) is 6.92 Å². The molecule has 0 unspecified atom stereocenters. The largest absolute Gasteiger partial charge is 0.494 e. The van der Waals surface area contributed by atoms with Crippen LogP contribution in [-0.4, -0.2) is 6.61 Å². The number of nitrogens with two attached hydrogens (primary N) is 1. The van der Waals surface area contributed by atoms with E-state index in [9.17, 15) is 0 Å². The summed E-state index contributed by atoms with van der Waals surface area (Å²) in [5.41, 5.74) is 7.21. The predicted octanol–water partition coefficient (Wildman–Crippen LogP) is 2.63. The molecule has 1 aromatic carbocycles. The van der Waals surface area contributed by atoms with Crippen LogP contribution in [-0.2, 0) is 0 Å². The minimum atomic E-state index is 0.545. The van der Waals surface area contributed by atoms with E-state index in [1.807, 2.05) is 19.9 Å². The van der Waals surface area contributed by atoms with E-state index in [2.05, 4.69) is 0 Å². The molecule has 2 N–H and O–H groups in total. The van der Waals surface area contributed by atoms with Crippen LogP contribution in [0.15, 0.2) is 12.1 Å². The number of hydrogen-bond donors (Lipinski definition) is 1. The summed E-state index contributed by atoms with van der Waals surface area (Å²) in [7, 11) is 0. The number of ether oxygens (including phenoxy) is 1. The van der Waals surface area contributed by atoms with Crippen LogP contribution in [0.5, 0.6) is 5.75 Å². The zero-order valence-corrected chi connectivity index (χ0v) is 7.98. The molecule has 0 aliphatic carbocycles. The number of aryl methyl sites for hydroxylation is 1. The van der Waals surface area contributed by atoms with Gasteiger partial charge in [0.2, 0.25) is 0 Å². The van der Waals surface area contributed by atoms with Crippen molar-refractivity contribution in [1.82, 2.24) is 0 Å². The fraction of sp³-hybridized carbons (Fsp3) is 0.333. The van der Waals surface area contributed by atoms with Crippen molar-refractivity contribution in [2.45, 2.75) is 13.8 Å². The summed E-state index contributed by atoms with van der Waals surface area (Å²) in [6, 6.07) is 3.56. The highest BCUT2D eigenvalue weighted by Gasteiger charge is 2.03. The van der Waals surface area contributed by atoms with Gasteiger partial charge in [-0.25, -0.2) is 0 Å². The Hall–Kier alpha value is -0.890. The molecule has 0 radical (unpaired) electrons. The first-order chi connectivity index (χ1) is 5.65. The van der Waals surface area contributed by atoms with Crippen LogP contribution in [0.4, 0.5) is 5.69 Å². The zero-order chi connectivity index (χ0) is 9.14. The molecule has 0 fully saturated rings. The average Bonchev–Trinajstić information content (AvgIpc) is 2.01. The van der Waals surface area contributed by atoms with E-state index in [0.717, 1.165) is 11.3 Å². The van der Waals surface area contributed by atoms with Gasteiger partial charge in [-0.1, -0.05) is 11.6 Å². The van der Waals surface area contributed by atoms with Crippen LogP contribution < -0.4 is 10.5 Å². The van der Waals surface area contributed by atoms with Crippen molar-refractivity contribution in [3.8, 4) is 5.75 Å². The van der Waals surface area contributed by atoms with E-state index < -0.39 is 0 Å². The van der Waals surface area contributed by atoms with Gasteiger partial charge in [0.1, 0.15) is 5.75 Å². The first-order valence-corrected chi connectivity index (χ1v) is 4.21. The number of halogens is 1. The predicted molar refractivity (Wildman–Crippen MR) is 51.8 cm³/mol. The van der Waals surface area contributed by atoms with Crippen molar-refractivity contribution < 1.29 is 4.74 Å². The molecule has 0 bridgehead atoms. The summed E-state index contributed by atoms with van der Waals surface area (Å²) >= 11 is 5.82. The average molecular weight is 186 g/mol. The minimum Gasteiger partial charge on any atom is -0.494 e. The van der Waals surface area contributed by atoms with Crippen molar-refractivity contribution in [3.05, 3.63) is 22.7 Å². The van der Waals surface area contributed by atoms with Crippen LogP contribution in [0.25, 0.3) is 0 Å². The maximum atomic E-state index is 5.82. The van der Waals surface area contributed by atoms with Gasteiger partial charge in [-0.05, 0) is 25.5 Å². The maximum Gasteiger partial charge on any atom is 0.123 e. The molecule has 0 saturated heterocycles. The Morgan fingerprint density at radius 2 is 2.17 bits per heavy atom. The van der Waals surface area contributed by atoms with E-state index in [0.29, 0.717) is 17.3 Å². The van der Waals surface area contributed by atoms with Crippen molar-refractivity contribution in [2.75, 3.05) is 12.3 Å². The smallest absolute Gasteiger partial charge is 0.123 e.